The Hall–Kier alpha value is -3.55. The van der Waals surface area contributed by atoms with Gasteiger partial charge in [-0.1, -0.05) is 25.0 Å². The number of benzene rings is 2. The lowest BCUT2D eigenvalue weighted by atomic mass is 9.89. The van der Waals surface area contributed by atoms with E-state index in [1.165, 1.54) is 0 Å². The molecule has 2 aromatic carbocycles. The molecule has 0 unspecified atom stereocenters. The number of para-hydroxylation sites is 2. The number of nitrogens with one attached hydrogen (secondary N) is 1. The van der Waals surface area contributed by atoms with Crippen LogP contribution in [0.25, 0.3) is 0 Å². The van der Waals surface area contributed by atoms with Gasteiger partial charge in [-0.2, -0.15) is 0 Å². The van der Waals surface area contributed by atoms with Crippen molar-refractivity contribution in [3.05, 3.63) is 48.5 Å². The van der Waals surface area contributed by atoms with Crippen LogP contribution in [0.15, 0.2) is 48.5 Å². The molecule has 1 heterocycles. The highest BCUT2D eigenvalue weighted by Gasteiger charge is 2.52. The van der Waals surface area contributed by atoms with Crippen molar-refractivity contribution in [3.8, 4) is 5.75 Å². The first-order chi connectivity index (χ1) is 15.4. The maximum atomic E-state index is 13.8. The number of hydrogen-bond donors (Lipinski definition) is 2. The number of carbonyl (C=O) groups excluding carboxylic acids is 3. The summed E-state index contributed by atoms with van der Waals surface area (Å²) in [7, 11) is 1.59. The average Bonchev–Trinajstić information content (AvgIpc) is 3.27. The molecule has 0 aromatic heterocycles. The van der Waals surface area contributed by atoms with E-state index in [0.717, 1.165) is 18.5 Å². The van der Waals surface area contributed by atoms with E-state index in [2.05, 4.69) is 5.32 Å². The first-order valence-corrected chi connectivity index (χ1v) is 10.9. The summed E-state index contributed by atoms with van der Waals surface area (Å²) in [6.07, 6.45) is 3.15. The van der Waals surface area contributed by atoms with E-state index in [1.807, 2.05) is 41.3 Å². The summed E-state index contributed by atoms with van der Waals surface area (Å²) in [6, 6.07) is 14.7. The molecular formula is C24H28N4O4. The van der Waals surface area contributed by atoms with Crippen molar-refractivity contribution in [1.82, 2.24) is 0 Å². The van der Waals surface area contributed by atoms with Gasteiger partial charge in [0.25, 0.3) is 5.91 Å². The molecule has 168 valence electrons. The molecule has 1 fully saturated rings. The van der Waals surface area contributed by atoms with Gasteiger partial charge in [0.1, 0.15) is 11.3 Å². The van der Waals surface area contributed by atoms with E-state index in [0.29, 0.717) is 36.5 Å². The van der Waals surface area contributed by atoms with Crippen molar-refractivity contribution in [2.45, 2.75) is 37.6 Å². The molecule has 1 aliphatic carbocycles. The average molecular weight is 437 g/mol. The van der Waals surface area contributed by atoms with Crippen molar-refractivity contribution in [2.75, 3.05) is 35.3 Å². The van der Waals surface area contributed by atoms with Crippen LogP contribution in [-0.4, -0.2) is 43.5 Å². The molecule has 3 N–H and O–H groups in total. The third kappa shape index (κ3) is 4.00. The minimum Gasteiger partial charge on any atom is -0.497 e. The second-order valence-corrected chi connectivity index (χ2v) is 8.28. The van der Waals surface area contributed by atoms with Crippen LogP contribution in [0.5, 0.6) is 5.75 Å². The summed E-state index contributed by atoms with van der Waals surface area (Å²) in [4.78, 5) is 41.9. The molecule has 1 saturated carbocycles. The first kappa shape index (κ1) is 21.7. The zero-order valence-electron chi connectivity index (χ0n) is 18.2. The fourth-order valence-electron chi connectivity index (χ4n) is 4.70. The maximum absolute atomic E-state index is 13.8. The number of fused-ring (bicyclic) bond motifs is 1. The van der Waals surface area contributed by atoms with Crippen molar-refractivity contribution in [2.24, 2.45) is 5.73 Å². The van der Waals surface area contributed by atoms with Crippen LogP contribution in [0.4, 0.5) is 17.1 Å². The Morgan fingerprint density at radius 1 is 1.12 bits per heavy atom. The normalized spacial score (nSPS) is 16.4. The topological polar surface area (TPSA) is 105 Å². The lowest BCUT2D eigenvalue weighted by Gasteiger charge is -2.45. The molecule has 0 bridgehead atoms. The standard InChI is InChI=1S/C24H28N4O4/c1-32-18-10-8-17(9-11-18)27(15-12-21(25)29)16-22(30)28-20-7-3-2-6-19(20)26-23(31)24(28)13-4-5-14-24/h2-3,6-11H,4-5,12-16H2,1H3,(H2,25,29)(H,26,31). The summed E-state index contributed by atoms with van der Waals surface area (Å²) in [5.74, 6) is -0.0583. The molecule has 0 saturated heterocycles. The van der Waals surface area contributed by atoms with Crippen LogP contribution >= 0.6 is 0 Å². The van der Waals surface area contributed by atoms with Gasteiger partial charge >= 0.3 is 0 Å². The third-order valence-electron chi connectivity index (χ3n) is 6.32. The number of nitrogens with two attached hydrogens (primary N) is 1. The lowest BCUT2D eigenvalue weighted by molar-refractivity contribution is -0.126. The van der Waals surface area contributed by atoms with Gasteiger partial charge in [0.15, 0.2) is 0 Å². The Morgan fingerprint density at radius 2 is 1.81 bits per heavy atom. The summed E-state index contributed by atoms with van der Waals surface area (Å²) in [5.41, 5.74) is 6.63. The molecule has 2 aliphatic rings. The first-order valence-electron chi connectivity index (χ1n) is 10.9. The molecule has 1 spiro atoms. The number of carbonyl (C=O) groups is 3. The van der Waals surface area contributed by atoms with Crippen molar-refractivity contribution >= 4 is 34.8 Å². The molecule has 3 amide bonds. The van der Waals surface area contributed by atoms with Crippen LogP contribution < -0.4 is 25.6 Å². The van der Waals surface area contributed by atoms with Crippen molar-refractivity contribution in [1.29, 1.82) is 0 Å². The van der Waals surface area contributed by atoms with E-state index in [9.17, 15) is 14.4 Å². The van der Waals surface area contributed by atoms with Gasteiger partial charge in [-0.15, -0.1) is 0 Å². The van der Waals surface area contributed by atoms with Crippen LogP contribution in [0, 0.1) is 0 Å². The molecule has 8 heteroatoms. The number of anilines is 3. The van der Waals surface area contributed by atoms with Gasteiger partial charge in [-0.05, 0) is 49.2 Å². The van der Waals surface area contributed by atoms with E-state index in [1.54, 1.807) is 24.1 Å². The monoisotopic (exact) mass is 436 g/mol. The highest BCUT2D eigenvalue weighted by Crippen LogP contribution is 2.45. The predicted molar refractivity (Wildman–Crippen MR) is 123 cm³/mol. The van der Waals surface area contributed by atoms with Gasteiger partial charge in [0.2, 0.25) is 11.8 Å². The molecule has 8 nitrogen and oxygen atoms in total. The van der Waals surface area contributed by atoms with Gasteiger partial charge in [0.05, 0.1) is 25.0 Å². The molecule has 4 rings (SSSR count). The Labute approximate surface area is 187 Å². The van der Waals surface area contributed by atoms with Gasteiger partial charge < -0.3 is 20.7 Å². The number of amides is 3. The van der Waals surface area contributed by atoms with Crippen LogP contribution in [0.2, 0.25) is 0 Å². The predicted octanol–water partition coefficient (Wildman–Crippen LogP) is 2.68. The summed E-state index contributed by atoms with van der Waals surface area (Å²) >= 11 is 0. The number of ether oxygens (including phenoxy) is 1. The SMILES string of the molecule is COc1ccc(N(CCC(N)=O)CC(=O)N2c3ccccc3NC(=O)C23CCCC3)cc1. The molecular weight excluding hydrogens is 408 g/mol. The van der Waals surface area contributed by atoms with Crippen molar-refractivity contribution < 1.29 is 19.1 Å². The zero-order chi connectivity index (χ0) is 22.7. The fraction of sp³-hybridized carbons (Fsp3) is 0.375. The van der Waals surface area contributed by atoms with E-state index in [-0.39, 0.29) is 24.8 Å². The molecule has 0 atom stereocenters. The van der Waals surface area contributed by atoms with Crippen LogP contribution in [-0.2, 0) is 14.4 Å². The zero-order valence-corrected chi connectivity index (χ0v) is 18.2. The number of rotatable bonds is 7. The molecule has 1 aliphatic heterocycles. The summed E-state index contributed by atoms with van der Waals surface area (Å²) in [6.45, 7) is 0.311. The number of primary amides is 1. The smallest absolute Gasteiger partial charge is 0.250 e. The van der Waals surface area contributed by atoms with Crippen LogP contribution in [0.1, 0.15) is 32.1 Å². The van der Waals surface area contributed by atoms with Gasteiger partial charge in [0, 0.05) is 18.7 Å². The van der Waals surface area contributed by atoms with Gasteiger partial charge in [-0.3, -0.25) is 19.3 Å². The highest BCUT2D eigenvalue weighted by molar-refractivity contribution is 6.15. The minimum atomic E-state index is -0.874. The Kier molecular flexibility index (Phi) is 6.03. The fourth-order valence-corrected chi connectivity index (χ4v) is 4.70. The second-order valence-electron chi connectivity index (χ2n) is 8.28. The van der Waals surface area contributed by atoms with Gasteiger partial charge in [-0.25, -0.2) is 0 Å². The van der Waals surface area contributed by atoms with E-state index >= 15 is 0 Å². The molecule has 0 radical (unpaired) electrons. The number of hydrogen-bond acceptors (Lipinski definition) is 5. The van der Waals surface area contributed by atoms with Crippen molar-refractivity contribution in [3.63, 3.8) is 0 Å². The third-order valence-corrected chi connectivity index (χ3v) is 6.32. The van der Waals surface area contributed by atoms with E-state index < -0.39 is 11.4 Å². The lowest BCUT2D eigenvalue weighted by Crippen LogP contribution is -2.62. The highest BCUT2D eigenvalue weighted by atomic mass is 16.5. The quantitative estimate of drug-likeness (QED) is 0.694. The Balaban J connectivity index is 1.67. The van der Waals surface area contributed by atoms with Crippen LogP contribution in [0.3, 0.4) is 0 Å². The number of methoxy groups -OCH3 is 1. The Bertz CT molecular complexity index is 1010. The minimum absolute atomic E-state index is 0.0168. The molecule has 32 heavy (non-hydrogen) atoms. The maximum Gasteiger partial charge on any atom is 0.250 e. The second kappa shape index (κ2) is 8.90. The van der Waals surface area contributed by atoms with E-state index in [4.69, 9.17) is 10.5 Å². The summed E-state index contributed by atoms with van der Waals surface area (Å²) < 4.78 is 5.23. The Morgan fingerprint density at radius 3 is 2.47 bits per heavy atom. The number of nitrogens with zero attached hydrogens (tertiary/aromatic N) is 2. The largest absolute Gasteiger partial charge is 0.497 e. The molecule has 2 aromatic rings. The summed E-state index contributed by atoms with van der Waals surface area (Å²) in [5, 5.41) is 2.99.